The lowest BCUT2D eigenvalue weighted by molar-refractivity contribution is 0.0947. The molecule has 0 bridgehead atoms. The zero-order chi connectivity index (χ0) is 22.8. The van der Waals surface area contributed by atoms with E-state index in [0.29, 0.717) is 28.4 Å². The molecule has 3 aromatic rings. The minimum Gasteiger partial charge on any atom is -0.394 e. The number of thiazole rings is 1. The first-order valence-corrected chi connectivity index (χ1v) is 10.8. The number of anilines is 2. The second-order valence-electron chi connectivity index (χ2n) is 7.47. The summed E-state index contributed by atoms with van der Waals surface area (Å²) in [5, 5.41) is 21.4. The van der Waals surface area contributed by atoms with Crippen LogP contribution in [0.1, 0.15) is 5.56 Å². The molecule has 1 aliphatic rings. The summed E-state index contributed by atoms with van der Waals surface area (Å²) in [6.45, 7) is 0.635. The van der Waals surface area contributed by atoms with E-state index in [4.69, 9.17) is 5.11 Å². The fourth-order valence-electron chi connectivity index (χ4n) is 3.57. The molecule has 2 amide bonds. The first-order valence-electron chi connectivity index (χ1n) is 9.98. The third kappa shape index (κ3) is 4.79. The monoisotopic (exact) mass is 466 g/mol. The van der Waals surface area contributed by atoms with Crippen LogP contribution in [-0.2, 0) is 6.42 Å². The van der Waals surface area contributed by atoms with Crippen LogP contribution in [0, 0.1) is 17.5 Å². The predicted molar refractivity (Wildman–Crippen MR) is 116 cm³/mol. The van der Waals surface area contributed by atoms with E-state index in [1.54, 1.807) is 15.9 Å². The SMILES string of the molecule is O=C(Nc1nc2ccc(F)cc2s1)N1CCN(c2cc(F)c(C[C@@H](O)CO)cc2F)CC1. The molecule has 32 heavy (non-hydrogen) atoms. The highest BCUT2D eigenvalue weighted by Gasteiger charge is 2.25. The Morgan fingerprint density at radius 1 is 1.12 bits per heavy atom. The predicted octanol–water partition coefficient (Wildman–Crippen LogP) is 2.96. The largest absolute Gasteiger partial charge is 0.394 e. The lowest BCUT2D eigenvalue weighted by atomic mass is 10.1. The number of aliphatic hydroxyl groups excluding tert-OH is 2. The number of carbonyl (C=O) groups excluding carboxylic acids is 1. The fourth-order valence-corrected chi connectivity index (χ4v) is 4.45. The number of hydrogen-bond donors (Lipinski definition) is 3. The van der Waals surface area contributed by atoms with Crippen molar-refractivity contribution in [3.8, 4) is 0 Å². The molecule has 0 saturated carbocycles. The molecule has 0 spiro atoms. The Balaban J connectivity index is 1.38. The molecule has 0 radical (unpaired) electrons. The molecule has 2 aromatic carbocycles. The number of benzene rings is 2. The van der Waals surface area contributed by atoms with Gasteiger partial charge in [0.05, 0.1) is 28.6 Å². The van der Waals surface area contributed by atoms with E-state index < -0.39 is 24.3 Å². The van der Waals surface area contributed by atoms with Gasteiger partial charge in [-0.15, -0.1) is 0 Å². The third-order valence-electron chi connectivity index (χ3n) is 5.25. The zero-order valence-corrected chi connectivity index (χ0v) is 17.7. The van der Waals surface area contributed by atoms with Crippen molar-refractivity contribution in [3.05, 3.63) is 53.3 Å². The number of fused-ring (bicyclic) bond motifs is 1. The summed E-state index contributed by atoms with van der Waals surface area (Å²) >= 11 is 1.17. The molecule has 0 aliphatic carbocycles. The topological polar surface area (TPSA) is 88.9 Å². The van der Waals surface area contributed by atoms with Crippen LogP contribution < -0.4 is 10.2 Å². The van der Waals surface area contributed by atoms with Crippen molar-refractivity contribution in [2.75, 3.05) is 43.0 Å². The molecule has 1 aliphatic heterocycles. The average molecular weight is 466 g/mol. The number of piperazine rings is 1. The van der Waals surface area contributed by atoms with E-state index in [1.165, 1.54) is 23.5 Å². The summed E-state index contributed by atoms with van der Waals surface area (Å²) in [7, 11) is 0. The number of rotatable bonds is 5. The van der Waals surface area contributed by atoms with Gasteiger partial charge in [-0.3, -0.25) is 5.32 Å². The summed E-state index contributed by atoms with van der Waals surface area (Å²) in [4.78, 5) is 20.0. The lowest BCUT2D eigenvalue weighted by Gasteiger charge is -2.36. The van der Waals surface area contributed by atoms with Crippen molar-refractivity contribution in [2.45, 2.75) is 12.5 Å². The number of aliphatic hydroxyl groups is 2. The van der Waals surface area contributed by atoms with Gasteiger partial charge in [-0.1, -0.05) is 11.3 Å². The summed E-state index contributed by atoms with van der Waals surface area (Å²) in [6.07, 6.45) is -1.35. The number of aromatic nitrogens is 1. The molecular formula is C21H21F3N4O3S. The number of carbonyl (C=O) groups is 1. The molecular weight excluding hydrogens is 445 g/mol. The summed E-state index contributed by atoms with van der Waals surface area (Å²) in [5.41, 5.74) is 0.656. The summed E-state index contributed by atoms with van der Waals surface area (Å²) in [5.74, 6) is -1.68. The first-order chi connectivity index (χ1) is 15.3. The van der Waals surface area contributed by atoms with Crippen LogP contribution in [0.5, 0.6) is 0 Å². The Labute approximate surface area is 185 Å². The highest BCUT2D eigenvalue weighted by atomic mass is 32.1. The number of halogens is 3. The van der Waals surface area contributed by atoms with Crippen LogP contribution in [0.3, 0.4) is 0 Å². The molecule has 0 unspecified atom stereocenters. The van der Waals surface area contributed by atoms with Gasteiger partial charge in [0.1, 0.15) is 17.5 Å². The van der Waals surface area contributed by atoms with Crippen molar-refractivity contribution < 1.29 is 28.2 Å². The highest BCUT2D eigenvalue weighted by Crippen LogP contribution is 2.28. The maximum atomic E-state index is 14.6. The van der Waals surface area contributed by atoms with Crippen molar-refractivity contribution in [1.29, 1.82) is 0 Å². The van der Waals surface area contributed by atoms with Gasteiger partial charge in [0, 0.05) is 38.7 Å². The van der Waals surface area contributed by atoms with Crippen LogP contribution in [-0.4, -0.2) is 65.0 Å². The molecule has 7 nitrogen and oxygen atoms in total. The number of urea groups is 1. The van der Waals surface area contributed by atoms with Crippen LogP contribution >= 0.6 is 11.3 Å². The van der Waals surface area contributed by atoms with Crippen LogP contribution in [0.25, 0.3) is 10.2 Å². The molecule has 170 valence electrons. The van der Waals surface area contributed by atoms with Crippen molar-refractivity contribution in [1.82, 2.24) is 9.88 Å². The van der Waals surface area contributed by atoms with Crippen LogP contribution in [0.2, 0.25) is 0 Å². The Kier molecular flexibility index (Phi) is 6.49. The Bertz CT molecular complexity index is 1130. The van der Waals surface area contributed by atoms with Crippen molar-refractivity contribution >= 4 is 38.4 Å². The molecule has 1 aromatic heterocycles. The van der Waals surface area contributed by atoms with E-state index >= 15 is 0 Å². The maximum Gasteiger partial charge on any atom is 0.323 e. The maximum absolute atomic E-state index is 14.6. The number of nitrogens with zero attached hydrogens (tertiary/aromatic N) is 3. The van der Waals surface area contributed by atoms with Crippen LogP contribution in [0.4, 0.5) is 28.8 Å². The fraction of sp³-hybridized carbons (Fsp3) is 0.333. The zero-order valence-electron chi connectivity index (χ0n) is 16.9. The second kappa shape index (κ2) is 9.31. The standard InChI is InChI=1S/C21H21F3N4O3S/c22-13-1-2-17-19(9-13)32-20(25-17)26-21(31)28-5-3-27(4-6-28)18-10-15(23)12(8-16(18)24)7-14(30)11-29/h1-2,8-10,14,29-30H,3-7,11H2,(H,25,26,31)/t14-/m1/s1. The van der Waals surface area contributed by atoms with Crippen molar-refractivity contribution in [2.24, 2.45) is 0 Å². The molecule has 3 N–H and O–H groups in total. The van der Waals surface area contributed by atoms with E-state index in [2.05, 4.69) is 10.3 Å². The number of hydrogen-bond acceptors (Lipinski definition) is 6. The summed E-state index contributed by atoms with van der Waals surface area (Å²) in [6, 6.07) is 5.92. The molecule has 2 heterocycles. The van der Waals surface area contributed by atoms with Gasteiger partial charge < -0.3 is 20.0 Å². The normalized spacial score (nSPS) is 15.3. The lowest BCUT2D eigenvalue weighted by Crippen LogP contribution is -2.50. The minimum absolute atomic E-state index is 0.0125. The van der Waals surface area contributed by atoms with E-state index in [0.717, 1.165) is 12.1 Å². The molecule has 4 rings (SSSR count). The average Bonchev–Trinajstić information content (AvgIpc) is 3.17. The Morgan fingerprint density at radius 3 is 2.59 bits per heavy atom. The van der Waals surface area contributed by atoms with Gasteiger partial charge in [-0.25, -0.2) is 22.9 Å². The smallest absolute Gasteiger partial charge is 0.323 e. The molecule has 1 fully saturated rings. The Morgan fingerprint density at radius 2 is 1.88 bits per heavy atom. The third-order valence-corrected chi connectivity index (χ3v) is 6.19. The van der Waals surface area contributed by atoms with Crippen LogP contribution in [0.15, 0.2) is 30.3 Å². The van der Waals surface area contributed by atoms with Gasteiger partial charge in [-0.05, 0) is 29.8 Å². The van der Waals surface area contributed by atoms with E-state index in [9.17, 15) is 23.1 Å². The summed E-state index contributed by atoms with van der Waals surface area (Å²) < 4.78 is 42.9. The van der Waals surface area contributed by atoms with Gasteiger partial charge in [0.25, 0.3) is 0 Å². The second-order valence-corrected chi connectivity index (χ2v) is 8.50. The number of amides is 2. The van der Waals surface area contributed by atoms with E-state index in [-0.39, 0.29) is 42.6 Å². The molecule has 1 atom stereocenters. The van der Waals surface area contributed by atoms with Gasteiger partial charge >= 0.3 is 6.03 Å². The molecule has 11 heteroatoms. The van der Waals surface area contributed by atoms with Gasteiger partial charge in [-0.2, -0.15) is 0 Å². The number of nitrogens with one attached hydrogen (secondary N) is 1. The minimum atomic E-state index is -1.16. The molecule has 1 saturated heterocycles. The first kappa shape index (κ1) is 22.3. The van der Waals surface area contributed by atoms with Gasteiger partial charge in [0.2, 0.25) is 0 Å². The van der Waals surface area contributed by atoms with E-state index in [1.807, 2.05) is 0 Å². The van der Waals surface area contributed by atoms with Gasteiger partial charge in [0.15, 0.2) is 5.13 Å². The quantitative estimate of drug-likeness (QED) is 0.538. The Hall–Kier alpha value is -2.89. The van der Waals surface area contributed by atoms with Crippen molar-refractivity contribution in [3.63, 3.8) is 0 Å². The highest BCUT2D eigenvalue weighted by molar-refractivity contribution is 7.22.